The molecule has 15 heteroatoms. The van der Waals surface area contributed by atoms with E-state index in [0.717, 1.165) is 35.6 Å². The third-order valence-corrected chi connectivity index (χ3v) is 12.1. The summed E-state index contributed by atoms with van der Waals surface area (Å²) in [6, 6.07) is 3.67. The number of fused-ring (bicyclic) bond motifs is 3. The molecule has 4 aliphatic rings. The van der Waals surface area contributed by atoms with Gasteiger partial charge in [0.2, 0.25) is 27.7 Å². The van der Waals surface area contributed by atoms with E-state index in [4.69, 9.17) is 14.2 Å². The van der Waals surface area contributed by atoms with Gasteiger partial charge in [-0.3, -0.25) is 19.1 Å². The van der Waals surface area contributed by atoms with Crippen LogP contribution in [-0.4, -0.2) is 90.9 Å². The van der Waals surface area contributed by atoms with E-state index in [-0.39, 0.29) is 26.0 Å². The summed E-state index contributed by atoms with van der Waals surface area (Å²) in [5, 5.41) is 6.44. The van der Waals surface area contributed by atoms with Crippen molar-refractivity contribution in [1.82, 2.24) is 25.2 Å². The number of pyridine rings is 1. The highest BCUT2D eigenvalue weighted by Crippen LogP contribution is 2.46. The number of carbonyl (C=O) groups is 4. The fraction of sp³-hybridized carbons (Fsp3) is 0.595. The van der Waals surface area contributed by atoms with Crippen LogP contribution in [0.4, 0.5) is 4.79 Å². The molecule has 6 rings (SSSR count). The molecule has 1 aromatic heterocycles. The molecule has 2 aliphatic heterocycles. The number of rotatable bonds is 8. The lowest BCUT2D eigenvalue weighted by molar-refractivity contribution is -0.142. The SMILES string of the molecule is C=C[C@H]1C[C@]1(NC(=O)[C@@H]1C[C@@H]2CN1C(=O)[C@H](C(C)(C)C)NC(=O)OCCCCCc1cc(OCC)c3ccnc(c3c1)O2)C(=O)NS(=O)(=O)C1CC1. The minimum atomic E-state index is -3.89. The Bertz CT molecular complexity index is 1860. The van der Waals surface area contributed by atoms with Crippen LogP contribution in [0.15, 0.2) is 37.1 Å². The first-order chi connectivity index (χ1) is 24.7. The van der Waals surface area contributed by atoms with E-state index in [1.165, 1.54) is 11.0 Å². The summed E-state index contributed by atoms with van der Waals surface area (Å²) in [6.07, 6.45) is 5.81. The molecule has 0 radical (unpaired) electrons. The summed E-state index contributed by atoms with van der Waals surface area (Å²) in [5.41, 5.74) is -1.31. The van der Waals surface area contributed by atoms with Crippen molar-refractivity contribution in [3.05, 3.63) is 42.6 Å². The van der Waals surface area contributed by atoms with E-state index in [0.29, 0.717) is 37.5 Å². The minimum absolute atomic E-state index is 0.0313. The molecule has 1 saturated heterocycles. The summed E-state index contributed by atoms with van der Waals surface area (Å²) in [6.45, 7) is 11.7. The number of alkyl carbamates (subject to hydrolysis) is 1. The Morgan fingerprint density at radius 1 is 1.17 bits per heavy atom. The van der Waals surface area contributed by atoms with Crippen molar-refractivity contribution >= 4 is 44.6 Å². The Morgan fingerprint density at radius 3 is 2.62 bits per heavy atom. The van der Waals surface area contributed by atoms with E-state index >= 15 is 0 Å². The van der Waals surface area contributed by atoms with Gasteiger partial charge in [-0.2, -0.15) is 0 Å². The van der Waals surface area contributed by atoms with E-state index in [1.807, 2.05) is 25.1 Å². The summed E-state index contributed by atoms with van der Waals surface area (Å²) < 4.78 is 45.6. The van der Waals surface area contributed by atoms with Crippen LogP contribution >= 0.6 is 0 Å². The fourth-order valence-corrected chi connectivity index (χ4v) is 8.46. The Balaban J connectivity index is 1.35. The largest absolute Gasteiger partial charge is 0.493 e. The van der Waals surface area contributed by atoms with Crippen LogP contribution < -0.4 is 24.8 Å². The highest BCUT2D eigenvalue weighted by molar-refractivity contribution is 7.91. The number of ether oxygens (including phenoxy) is 3. The lowest BCUT2D eigenvalue weighted by Crippen LogP contribution is -2.60. The average molecular weight is 740 g/mol. The molecule has 282 valence electrons. The van der Waals surface area contributed by atoms with E-state index < -0.39 is 74.1 Å². The minimum Gasteiger partial charge on any atom is -0.493 e. The molecule has 2 aliphatic carbocycles. The van der Waals surface area contributed by atoms with Crippen molar-refractivity contribution in [3.8, 4) is 11.6 Å². The molecule has 3 N–H and O–H groups in total. The Kier molecular flexibility index (Phi) is 10.5. The van der Waals surface area contributed by atoms with Gasteiger partial charge in [-0.15, -0.1) is 6.58 Å². The first-order valence-electron chi connectivity index (χ1n) is 18.1. The monoisotopic (exact) mass is 739 g/mol. The summed E-state index contributed by atoms with van der Waals surface area (Å²) in [4.78, 5) is 61.1. The number of benzene rings is 1. The summed E-state index contributed by atoms with van der Waals surface area (Å²) >= 11 is 0. The van der Waals surface area contributed by atoms with E-state index in [1.54, 1.807) is 27.0 Å². The van der Waals surface area contributed by atoms with Crippen molar-refractivity contribution in [2.45, 2.75) is 108 Å². The maximum atomic E-state index is 14.5. The average Bonchev–Trinajstić information content (AvgIpc) is 4.01. The fourth-order valence-electron chi connectivity index (χ4n) is 7.09. The zero-order valence-electron chi connectivity index (χ0n) is 30.2. The van der Waals surface area contributed by atoms with Crippen LogP contribution in [0.1, 0.15) is 78.2 Å². The third kappa shape index (κ3) is 7.83. The maximum Gasteiger partial charge on any atom is 0.407 e. The molecule has 14 nitrogen and oxygen atoms in total. The van der Waals surface area contributed by atoms with Gasteiger partial charge in [0.05, 0.1) is 25.0 Å². The molecule has 1 aromatic carbocycles. The third-order valence-electron chi connectivity index (χ3n) is 10.3. The second-order valence-electron chi connectivity index (χ2n) is 15.3. The zero-order valence-corrected chi connectivity index (χ0v) is 31.1. The molecule has 3 fully saturated rings. The zero-order chi connectivity index (χ0) is 37.4. The summed E-state index contributed by atoms with van der Waals surface area (Å²) in [5.74, 6) is -1.53. The van der Waals surface area contributed by atoms with Crippen LogP contribution in [0, 0.1) is 11.3 Å². The number of cyclic esters (lactones) is 1. The summed E-state index contributed by atoms with van der Waals surface area (Å²) in [7, 11) is -3.89. The first kappa shape index (κ1) is 37.4. The molecule has 2 aromatic rings. The van der Waals surface area contributed by atoms with Gasteiger partial charge in [0.25, 0.3) is 5.91 Å². The van der Waals surface area contributed by atoms with Gasteiger partial charge < -0.3 is 29.7 Å². The number of hydrogen-bond acceptors (Lipinski definition) is 10. The van der Waals surface area contributed by atoms with Crippen molar-refractivity contribution in [2.24, 2.45) is 11.3 Å². The molecule has 0 unspecified atom stereocenters. The van der Waals surface area contributed by atoms with Crippen molar-refractivity contribution in [2.75, 3.05) is 19.8 Å². The van der Waals surface area contributed by atoms with Gasteiger partial charge in [0, 0.05) is 29.3 Å². The topological polar surface area (TPSA) is 182 Å². The number of hydrogen-bond donors (Lipinski definition) is 3. The van der Waals surface area contributed by atoms with Gasteiger partial charge in [-0.25, -0.2) is 18.2 Å². The van der Waals surface area contributed by atoms with E-state index in [9.17, 15) is 27.6 Å². The van der Waals surface area contributed by atoms with Crippen molar-refractivity contribution in [1.29, 1.82) is 0 Å². The smallest absolute Gasteiger partial charge is 0.407 e. The Morgan fingerprint density at radius 2 is 1.94 bits per heavy atom. The Hall–Kier alpha value is -4.40. The molecular formula is C37H49N5O9S. The number of nitrogens with zero attached hydrogens (tertiary/aromatic N) is 2. The number of aromatic nitrogens is 1. The lowest BCUT2D eigenvalue weighted by Gasteiger charge is -2.35. The van der Waals surface area contributed by atoms with Gasteiger partial charge in [-0.1, -0.05) is 26.8 Å². The second-order valence-corrected chi connectivity index (χ2v) is 17.3. The standard InChI is InChI=1S/C37H49N5O9S/c1-6-23-20-37(23,34(45)41-52(47,48)25-12-13-25)40-31(43)28-19-24-21-42(28)33(44)30(36(3,4)5)39-35(46)50-16-10-8-9-11-22-17-27-26(29(18-22)49-7-2)14-15-38-32(27)51-24/h6,14-15,17-18,23-25,28,30H,1,7-13,16,19-21H2,2-5H3,(H,39,46)(H,40,43)(H,41,45)/t23-,24+,28-,30+,37+/m0/s1. The number of amides is 4. The quantitative estimate of drug-likeness (QED) is 0.339. The van der Waals surface area contributed by atoms with Crippen molar-refractivity contribution < 1.29 is 41.8 Å². The molecule has 52 heavy (non-hydrogen) atoms. The number of aryl methyl sites for hydroxylation is 1. The Labute approximate surface area is 304 Å². The highest BCUT2D eigenvalue weighted by atomic mass is 32.2. The van der Waals surface area contributed by atoms with Gasteiger partial charge in [-0.05, 0) is 81.0 Å². The molecule has 4 bridgehead atoms. The normalized spacial score (nSPS) is 27.0. The molecule has 3 heterocycles. The highest BCUT2D eigenvalue weighted by Gasteiger charge is 2.62. The maximum absolute atomic E-state index is 14.5. The van der Waals surface area contributed by atoms with Crippen molar-refractivity contribution in [3.63, 3.8) is 0 Å². The number of nitrogens with one attached hydrogen (secondary N) is 3. The van der Waals surface area contributed by atoms with Gasteiger partial charge >= 0.3 is 6.09 Å². The van der Waals surface area contributed by atoms with Gasteiger partial charge in [0.1, 0.15) is 29.5 Å². The molecule has 5 atom stereocenters. The van der Waals surface area contributed by atoms with Gasteiger partial charge in [0.15, 0.2) is 0 Å². The number of carbonyl (C=O) groups excluding carboxylic acids is 4. The predicted molar refractivity (Wildman–Crippen MR) is 192 cm³/mol. The molecule has 0 spiro atoms. The molecular weight excluding hydrogens is 691 g/mol. The lowest BCUT2D eigenvalue weighted by atomic mass is 9.85. The number of sulfonamides is 1. The predicted octanol–water partition coefficient (Wildman–Crippen LogP) is 3.52. The van der Waals surface area contributed by atoms with Crippen LogP contribution in [0.2, 0.25) is 0 Å². The van der Waals surface area contributed by atoms with Crippen LogP contribution in [0.5, 0.6) is 11.6 Å². The van der Waals surface area contributed by atoms with Crippen LogP contribution in [-0.2, 0) is 35.6 Å². The van der Waals surface area contributed by atoms with E-state index in [2.05, 4.69) is 26.9 Å². The first-order valence-corrected chi connectivity index (χ1v) is 19.7. The molecule has 4 amide bonds. The van der Waals surface area contributed by atoms with Crippen LogP contribution in [0.25, 0.3) is 10.8 Å². The van der Waals surface area contributed by atoms with Crippen LogP contribution in [0.3, 0.4) is 0 Å². The molecule has 2 saturated carbocycles. The second kappa shape index (κ2) is 14.6.